The topological polar surface area (TPSA) is 145 Å². The number of carbonyl (C=O) groups is 5. The van der Waals surface area contributed by atoms with Gasteiger partial charge in [-0.05, 0) is 72.3 Å². The van der Waals surface area contributed by atoms with Crippen molar-refractivity contribution < 1.29 is 33.1 Å². The number of carbonyl (C=O) groups excluding carboxylic acids is 5. The Labute approximate surface area is 312 Å². The molecule has 4 amide bonds. The highest BCUT2D eigenvalue weighted by atomic mass is 35.5. The molecule has 4 aromatic carbocycles. The molecule has 2 aromatic heterocycles. The summed E-state index contributed by atoms with van der Waals surface area (Å²) in [5, 5.41) is 5.71. The Morgan fingerprint density at radius 1 is 0.833 bits per heavy atom. The summed E-state index contributed by atoms with van der Waals surface area (Å²) in [6.07, 6.45) is 4.36. The van der Waals surface area contributed by atoms with Gasteiger partial charge in [0.15, 0.2) is 0 Å². The van der Waals surface area contributed by atoms with Crippen LogP contribution in [-0.2, 0) is 14.4 Å². The number of hydrogen-bond donors (Lipinski definition) is 3. The van der Waals surface area contributed by atoms with Crippen LogP contribution >= 0.6 is 11.6 Å². The lowest BCUT2D eigenvalue weighted by Gasteiger charge is -2.18. The molecule has 2 aliphatic heterocycles. The fraction of sp³-hybridized carbons (Fsp3) is 0.195. The van der Waals surface area contributed by atoms with Crippen LogP contribution < -0.4 is 15.0 Å². The Morgan fingerprint density at radius 3 is 2.31 bits per heavy atom. The number of benzene rings is 4. The third-order valence-corrected chi connectivity index (χ3v) is 10.3. The van der Waals surface area contributed by atoms with Crippen LogP contribution in [0.15, 0.2) is 91.0 Å². The van der Waals surface area contributed by atoms with Gasteiger partial charge >= 0.3 is 5.97 Å². The van der Waals surface area contributed by atoms with Crippen LogP contribution in [0.1, 0.15) is 58.1 Å². The number of aromatic nitrogens is 2. The minimum Gasteiger partial charge on any atom is -0.426 e. The Bertz CT molecular complexity index is 2540. The lowest BCUT2D eigenvalue weighted by Crippen LogP contribution is -2.30. The van der Waals surface area contributed by atoms with Crippen molar-refractivity contribution in [2.45, 2.75) is 31.6 Å². The van der Waals surface area contributed by atoms with Gasteiger partial charge in [-0.2, -0.15) is 0 Å². The number of alkyl halides is 1. The molecule has 2 aliphatic rings. The highest BCUT2D eigenvalue weighted by Gasteiger charge is 2.36. The lowest BCUT2D eigenvalue weighted by atomic mass is 9.95. The minimum atomic E-state index is -0.434. The molecule has 13 heteroatoms. The standard InChI is InChI=1S/C41H33ClFN5O6/c42-21-25-22-48(41(53)33-19-24-17-27(10-12-31(24)46-33)44-40(52)32-18-23-16-26(43)9-11-30(23)45-32)34-20-35(28-6-3-4-7-29(28)39(25)34)54-38(51)8-2-1-5-15-47-36(49)13-14-37(47)50/h3-4,6-7,9-14,16-20,25,45-46H,1-2,5,8,15,21-22H2,(H,44,52). The molecule has 1 atom stereocenters. The molecule has 0 aliphatic carbocycles. The number of aromatic amines is 2. The van der Waals surface area contributed by atoms with Gasteiger partial charge in [0.05, 0.1) is 5.69 Å². The van der Waals surface area contributed by atoms with Crippen LogP contribution in [-0.4, -0.2) is 63.4 Å². The number of unbranched alkanes of at least 4 members (excludes halogenated alkanes) is 2. The number of fused-ring (bicyclic) bond motifs is 5. The number of nitrogens with one attached hydrogen (secondary N) is 3. The molecule has 8 rings (SSSR count). The van der Waals surface area contributed by atoms with Gasteiger partial charge < -0.3 is 24.9 Å². The summed E-state index contributed by atoms with van der Waals surface area (Å²) in [5.41, 5.74) is 3.95. The Morgan fingerprint density at radius 2 is 1.54 bits per heavy atom. The van der Waals surface area contributed by atoms with E-state index in [-0.39, 0.29) is 41.6 Å². The van der Waals surface area contributed by atoms with Crippen molar-refractivity contribution >= 4 is 85.2 Å². The molecule has 0 bridgehead atoms. The van der Waals surface area contributed by atoms with E-state index in [9.17, 15) is 28.4 Å². The molecule has 1 unspecified atom stereocenters. The van der Waals surface area contributed by atoms with Crippen LogP contribution in [0.2, 0.25) is 0 Å². The zero-order valence-corrected chi connectivity index (χ0v) is 29.5. The molecule has 0 radical (unpaired) electrons. The normalized spacial score (nSPS) is 15.2. The first-order valence-electron chi connectivity index (χ1n) is 17.6. The number of ether oxygens (including phenoxy) is 1. The molecule has 0 saturated heterocycles. The van der Waals surface area contributed by atoms with Gasteiger partial charge in [-0.15, -0.1) is 11.6 Å². The maximum Gasteiger partial charge on any atom is 0.311 e. The van der Waals surface area contributed by atoms with Crippen molar-refractivity contribution in [3.05, 3.63) is 114 Å². The first kappa shape index (κ1) is 34.8. The quantitative estimate of drug-likeness (QED) is 0.0410. The van der Waals surface area contributed by atoms with Crippen molar-refractivity contribution in [2.24, 2.45) is 0 Å². The number of nitrogens with zero attached hydrogens (tertiary/aromatic N) is 2. The summed E-state index contributed by atoms with van der Waals surface area (Å²) in [7, 11) is 0. The first-order chi connectivity index (χ1) is 26.2. The molecule has 272 valence electrons. The second-order valence-electron chi connectivity index (χ2n) is 13.4. The van der Waals surface area contributed by atoms with Gasteiger partial charge in [0.2, 0.25) is 0 Å². The molecular weight excluding hydrogens is 713 g/mol. The molecule has 0 fully saturated rings. The third-order valence-electron chi connectivity index (χ3n) is 9.88. The molecule has 0 spiro atoms. The molecule has 11 nitrogen and oxygen atoms in total. The summed E-state index contributed by atoms with van der Waals surface area (Å²) in [6.45, 7) is 0.618. The predicted molar refractivity (Wildman–Crippen MR) is 204 cm³/mol. The van der Waals surface area contributed by atoms with Gasteiger partial charge in [0.25, 0.3) is 23.6 Å². The van der Waals surface area contributed by atoms with E-state index < -0.39 is 17.7 Å². The highest BCUT2D eigenvalue weighted by molar-refractivity contribution is 6.19. The number of esters is 1. The number of anilines is 2. The van der Waals surface area contributed by atoms with E-state index >= 15 is 0 Å². The summed E-state index contributed by atoms with van der Waals surface area (Å²) in [5.74, 6) is -1.74. The highest BCUT2D eigenvalue weighted by Crippen LogP contribution is 2.46. The number of imide groups is 1. The Hall–Kier alpha value is -6.27. The summed E-state index contributed by atoms with van der Waals surface area (Å²) in [4.78, 5) is 72.9. The number of amides is 4. The summed E-state index contributed by atoms with van der Waals surface area (Å²) in [6, 6.07) is 22.1. The monoisotopic (exact) mass is 745 g/mol. The van der Waals surface area contributed by atoms with Crippen LogP contribution in [0.3, 0.4) is 0 Å². The van der Waals surface area contributed by atoms with E-state index in [1.807, 2.05) is 24.3 Å². The maximum absolute atomic E-state index is 14.2. The zero-order chi connectivity index (χ0) is 37.5. The average molecular weight is 746 g/mol. The SMILES string of the molecule is O=C(CCCCCN1C(=O)C=CC1=O)Oc1cc2c(c3ccccc13)C(CCl)CN2C(=O)c1cc2cc(NC(=O)c3cc4cc(F)ccc4[nH]3)ccc2[nH]1. The Kier molecular flexibility index (Phi) is 9.20. The van der Waals surface area contributed by atoms with Crippen molar-refractivity contribution in [1.82, 2.24) is 14.9 Å². The van der Waals surface area contributed by atoms with E-state index in [4.69, 9.17) is 16.3 Å². The van der Waals surface area contributed by atoms with E-state index in [1.54, 1.807) is 47.4 Å². The van der Waals surface area contributed by atoms with E-state index in [2.05, 4.69) is 15.3 Å². The van der Waals surface area contributed by atoms with Crippen LogP contribution in [0.5, 0.6) is 5.75 Å². The number of halogens is 2. The summed E-state index contributed by atoms with van der Waals surface area (Å²) >= 11 is 6.49. The van der Waals surface area contributed by atoms with Crippen LogP contribution in [0.25, 0.3) is 32.6 Å². The zero-order valence-electron chi connectivity index (χ0n) is 28.8. The van der Waals surface area contributed by atoms with Crippen molar-refractivity contribution in [1.29, 1.82) is 0 Å². The minimum absolute atomic E-state index is 0.137. The smallest absolute Gasteiger partial charge is 0.311 e. The van der Waals surface area contributed by atoms with E-state index in [0.717, 1.165) is 16.3 Å². The number of hydrogen-bond acceptors (Lipinski definition) is 6. The third kappa shape index (κ3) is 6.60. The average Bonchev–Trinajstić information content (AvgIpc) is 3.95. The van der Waals surface area contributed by atoms with Gasteiger partial charge in [0.1, 0.15) is 23.0 Å². The van der Waals surface area contributed by atoms with Crippen LogP contribution in [0.4, 0.5) is 15.8 Å². The fourth-order valence-corrected chi connectivity index (χ4v) is 7.50. The number of rotatable bonds is 11. The van der Waals surface area contributed by atoms with Crippen molar-refractivity contribution in [3.63, 3.8) is 0 Å². The van der Waals surface area contributed by atoms with Crippen LogP contribution in [0, 0.1) is 5.82 Å². The largest absolute Gasteiger partial charge is 0.426 e. The van der Waals surface area contributed by atoms with Gasteiger partial charge in [0, 0.05) is 82.4 Å². The van der Waals surface area contributed by atoms with Gasteiger partial charge in [-0.25, -0.2) is 4.39 Å². The molecule has 6 aromatic rings. The fourth-order valence-electron chi connectivity index (χ4n) is 7.25. The summed E-state index contributed by atoms with van der Waals surface area (Å²) < 4.78 is 19.6. The molecule has 3 N–H and O–H groups in total. The molecular formula is C41H33ClFN5O6. The lowest BCUT2D eigenvalue weighted by molar-refractivity contribution is -0.137. The molecule has 0 saturated carbocycles. The maximum atomic E-state index is 14.2. The second kappa shape index (κ2) is 14.3. The van der Waals surface area contributed by atoms with E-state index in [0.29, 0.717) is 77.0 Å². The first-order valence-corrected chi connectivity index (χ1v) is 18.1. The molecule has 54 heavy (non-hydrogen) atoms. The van der Waals surface area contributed by atoms with Crippen molar-refractivity contribution in [2.75, 3.05) is 29.2 Å². The Balaban J connectivity index is 0.991. The van der Waals surface area contributed by atoms with Gasteiger partial charge in [-0.3, -0.25) is 28.9 Å². The number of H-pyrrole nitrogens is 2. The van der Waals surface area contributed by atoms with Crippen molar-refractivity contribution in [3.8, 4) is 5.75 Å². The molecule has 4 heterocycles. The predicted octanol–water partition coefficient (Wildman–Crippen LogP) is 7.57. The van der Waals surface area contributed by atoms with E-state index in [1.165, 1.54) is 29.2 Å². The second-order valence-corrected chi connectivity index (χ2v) is 13.7. The van der Waals surface area contributed by atoms with Gasteiger partial charge in [-0.1, -0.05) is 30.7 Å².